The van der Waals surface area contributed by atoms with Crippen LogP contribution in [0.5, 0.6) is 0 Å². The number of thiazole rings is 1. The molecule has 2 aromatic rings. The summed E-state index contributed by atoms with van der Waals surface area (Å²) in [7, 11) is 0. The molecule has 2 rings (SSSR count). The van der Waals surface area contributed by atoms with Gasteiger partial charge in [0.1, 0.15) is 0 Å². The van der Waals surface area contributed by atoms with Gasteiger partial charge >= 0.3 is 0 Å². The van der Waals surface area contributed by atoms with Crippen LogP contribution in [-0.2, 0) is 4.79 Å². The Labute approximate surface area is 116 Å². The summed E-state index contributed by atoms with van der Waals surface area (Å²) in [6, 6.07) is 5.82. The van der Waals surface area contributed by atoms with Crippen LogP contribution in [0.3, 0.4) is 0 Å². The van der Waals surface area contributed by atoms with Crippen LogP contribution in [0.4, 0.5) is 10.8 Å². The van der Waals surface area contributed by atoms with Crippen LogP contribution >= 0.6 is 11.3 Å². The van der Waals surface area contributed by atoms with E-state index >= 15 is 0 Å². The minimum Gasteiger partial charge on any atom is -0.399 e. The number of carbonyl (C=O) groups excluding carboxylic acids is 1. The van der Waals surface area contributed by atoms with Gasteiger partial charge < -0.3 is 16.4 Å². The molecule has 0 radical (unpaired) electrons. The third kappa shape index (κ3) is 3.82. The molecule has 5 nitrogen and oxygen atoms in total. The van der Waals surface area contributed by atoms with Crippen molar-refractivity contribution in [2.75, 3.05) is 17.6 Å². The molecule has 1 aromatic carbocycles. The van der Waals surface area contributed by atoms with Crippen molar-refractivity contribution in [1.82, 2.24) is 10.3 Å². The number of hydrogen-bond acceptors (Lipinski definition) is 5. The van der Waals surface area contributed by atoms with E-state index in [0.29, 0.717) is 13.0 Å². The summed E-state index contributed by atoms with van der Waals surface area (Å²) in [4.78, 5) is 15.9. The lowest BCUT2D eigenvalue weighted by Crippen LogP contribution is -2.31. The lowest BCUT2D eigenvalue weighted by atomic mass is 10.3. The van der Waals surface area contributed by atoms with E-state index in [-0.39, 0.29) is 11.9 Å². The second-order valence-corrected chi connectivity index (χ2v) is 5.68. The molecular weight excluding hydrogens is 260 g/mol. The quantitative estimate of drug-likeness (QED) is 0.733. The average molecular weight is 278 g/mol. The predicted molar refractivity (Wildman–Crippen MR) is 80.4 cm³/mol. The summed E-state index contributed by atoms with van der Waals surface area (Å²) < 4.78 is 1.05. The zero-order chi connectivity index (χ0) is 13.8. The number of aromatic nitrogens is 1. The van der Waals surface area contributed by atoms with Gasteiger partial charge in [-0.15, -0.1) is 0 Å². The second kappa shape index (κ2) is 5.88. The van der Waals surface area contributed by atoms with Crippen LogP contribution < -0.4 is 16.4 Å². The number of nitrogens with one attached hydrogen (secondary N) is 2. The number of nitrogen functional groups attached to an aromatic ring is 1. The van der Waals surface area contributed by atoms with Gasteiger partial charge in [-0.25, -0.2) is 4.98 Å². The highest BCUT2D eigenvalue weighted by Gasteiger charge is 2.06. The minimum absolute atomic E-state index is 0.0489. The zero-order valence-electron chi connectivity index (χ0n) is 11.1. The standard InChI is InChI=1S/C13H18N4OS/c1-8(2)16-12(18)5-6-15-13-17-10-4-3-9(14)7-11(10)19-13/h3-4,7-8H,5-6,14H2,1-2H3,(H,15,17)(H,16,18). The predicted octanol–water partition coefficient (Wildman–Crippen LogP) is 2.21. The highest BCUT2D eigenvalue weighted by Crippen LogP contribution is 2.27. The fourth-order valence-corrected chi connectivity index (χ4v) is 2.63. The molecule has 0 saturated carbocycles. The summed E-state index contributed by atoms with van der Waals surface area (Å²) in [5.41, 5.74) is 7.38. The molecule has 0 saturated heterocycles. The van der Waals surface area contributed by atoms with Crippen LogP contribution in [-0.4, -0.2) is 23.5 Å². The van der Waals surface area contributed by atoms with Gasteiger partial charge in [-0.3, -0.25) is 4.79 Å². The normalized spacial score (nSPS) is 10.9. The van der Waals surface area contributed by atoms with Gasteiger partial charge in [-0.1, -0.05) is 11.3 Å². The fourth-order valence-electron chi connectivity index (χ4n) is 1.69. The lowest BCUT2D eigenvalue weighted by Gasteiger charge is -2.08. The van der Waals surface area contributed by atoms with Gasteiger partial charge in [0, 0.05) is 24.7 Å². The molecule has 0 spiro atoms. The number of hydrogen-bond donors (Lipinski definition) is 3. The average Bonchev–Trinajstić information content (AvgIpc) is 2.69. The molecule has 102 valence electrons. The van der Waals surface area contributed by atoms with Crippen molar-refractivity contribution >= 4 is 38.3 Å². The van der Waals surface area contributed by atoms with Crippen LogP contribution in [0.15, 0.2) is 18.2 Å². The third-order valence-corrected chi connectivity index (χ3v) is 3.47. The number of nitrogens with zero attached hydrogens (tertiary/aromatic N) is 1. The highest BCUT2D eigenvalue weighted by molar-refractivity contribution is 7.22. The number of rotatable bonds is 5. The second-order valence-electron chi connectivity index (χ2n) is 4.65. The summed E-state index contributed by atoms with van der Waals surface area (Å²) >= 11 is 1.54. The molecule has 0 fully saturated rings. The molecule has 0 aliphatic rings. The van der Waals surface area contributed by atoms with Crippen LogP contribution in [0, 0.1) is 0 Å². The first-order chi connectivity index (χ1) is 9.04. The molecule has 0 aliphatic heterocycles. The molecule has 6 heteroatoms. The van der Waals surface area contributed by atoms with Crippen molar-refractivity contribution in [3.63, 3.8) is 0 Å². The Kier molecular flexibility index (Phi) is 4.21. The Morgan fingerprint density at radius 1 is 1.47 bits per heavy atom. The number of amides is 1. The number of benzene rings is 1. The van der Waals surface area contributed by atoms with Crippen molar-refractivity contribution in [2.24, 2.45) is 0 Å². The number of fused-ring (bicyclic) bond motifs is 1. The topological polar surface area (TPSA) is 80.0 Å². The SMILES string of the molecule is CC(C)NC(=O)CCNc1nc2ccc(N)cc2s1. The van der Waals surface area contributed by atoms with Crippen molar-refractivity contribution < 1.29 is 4.79 Å². The molecule has 1 aromatic heterocycles. The smallest absolute Gasteiger partial charge is 0.221 e. The first kappa shape index (κ1) is 13.6. The van der Waals surface area contributed by atoms with Gasteiger partial charge in [0.15, 0.2) is 5.13 Å². The molecule has 4 N–H and O–H groups in total. The van der Waals surface area contributed by atoms with Gasteiger partial charge in [0.25, 0.3) is 0 Å². The Morgan fingerprint density at radius 3 is 3.00 bits per heavy atom. The molecule has 0 bridgehead atoms. The molecule has 1 amide bonds. The first-order valence-corrected chi connectivity index (χ1v) is 7.05. The zero-order valence-corrected chi connectivity index (χ0v) is 11.9. The van der Waals surface area contributed by atoms with Gasteiger partial charge in [-0.2, -0.15) is 0 Å². The van der Waals surface area contributed by atoms with E-state index in [0.717, 1.165) is 21.0 Å². The maximum Gasteiger partial charge on any atom is 0.221 e. The van der Waals surface area contributed by atoms with Crippen LogP contribution in [0.1, 0.15) is 20.3 Å². The number of anilines is 2. The summed E-state index contributed by atoms with van der Waals surface area (Å²) in [6.07, 6.45) is 0.441. The van der Waals surface area contributed by atoms with Crippen molar-refractivity contribution in [3.8, 4) is 0 Å². The number of nitrogens with two attached hydrogens (primary N) is 1. The van der Waals surface area contributed by atoms with Crippen molar-refractivity contribution in [1.29, 1.82) is 0 Å². The van der Waals surface area contributed by atoms with E-state index < -0.39 is 0 Å². The van der Waals surface area contributed by atoms with Crippen LogP contribution in [0.25, 0.3) is 10.2 Å². The molecule has 0 unspecified atom stereocenters. The fraction of sp³-hybridized carbons (Fsp3) is 0.385. The van der Waals surface area contributed by atoms with Crippen LogP contribution in [0.2, 0.25) is 0 Å². The van der Waals surface area contributed by atoms with E-state index in [9.17, 15) is 4.79 Å². The maximum atomic E-state index is 11.5. The monoisotopic (exact) mass is 278 g/mol. The molecule has 0 atom stereocenters. The summed E-state index contributed by atoms with van der Waals surface area (Å²) in [5, 5.41) is 6.83. The van der Waals surface area contributed by atoms with E-state index in [4.69, 9.17) is 5.73 Å². The Morgan fingerprint density at radius 2 is 2.26 bits per heavy atom. The van der Waals surface area contributed by atoms with E-state index in [2.05, 4.69) is 15.6 Å². The molecule has 1 heterocycles. The largest absolute Gasteiger partial charge is 0.399 e. The Balaban J connectivity index is 1.89. The summed E-state index contributed by atoms with van der Waals surface area (Å²) in [5.74, 6) is 0.0489. The number of carbonyl (C=O) groups is 1. The van der Waals surface area contributed by atoms with E-state index in [1.54, 1.807) is 11.3 Å². The maximum absolute atomic E-state index is 11.5. The van der Waals surface area contributed by atoms with Gasteiger partial charge in [0.2, 0.25) is 5.91 Å². The van der Waals surface area contributed by atoms with E-state index in [1.807, 2.05) is 32.0 Å². The van der Waals surface area contributed by atoms with Gasteiger partial charge in [0.05, 0.1) is 10.2 Å². The van der Waals surface area contributed by atoms with Crippen molar-refractivity contribution in [3.05, 3.63) is 18.2 Å². The molecular formula is C13H18N4OS. The Bertz CT molecular complexity index is 579. The third-order valence-electron chi connectivity index (χ3n) is 2.49. The van der Waals surface area contributed by atoms with E-state index in [1.165, 1.54) is 0 Å². The lowest BCUT2D eigenvalue weighted by molar-refractivity contribution is -0.121. The highest BCUT2D eigenvalue weighted by atomic mass is 32.1. The van der Waals surface area contributed by atoms with Crippen molar-refractivity contribution in [2.45, 2.75) is 26.3 Å². The first-order valence-electron chi connectivity index (χ1n) is 6.24. The van der Waals surface area contributed by atoms with Gasteiger partial charge in [-0.05, 0) is 32.0 Å². The minimum atomic E-state index is 0.0489. The Hall–Kier alpha value is -1.82. The molecule has 0 aliphatic carbocycles. The molecule has 19 heavy (non-hydrogen) atoms. The summed E-state index contributed by atoms with van der Waals surface area (Å²) in [6.45, 7) is 4.47.